The molecule has 32 heavy (non-hydrogen) atoms. The van der Waals surface area contributed by atoms with Crippen LogP contribution in [0.3, 0.4) is 0 Å². The van der Waals surface area contributed by atoms with Crippen molar-refractivity contribution in [3.8, 4) is 11.5 Å². The van der Waals surface area contributed by atoms with Gasteiger partial charge in [0, 0.05) is 67.4 Å². The summed E-state index contributed by atoms with van der Waals surface area (Å²) in [6, 6.07) is 13.6. The molecule has 1 spiro atoms. The highest BCUT2D eigenvalue weighted by atomic mass is 16.5. The Morgan fingerprint density at radius 1 is 1.25 bits per heavy atom. The average Bonchev–Trinajstić information content (AvgIpc) is 3.26. The standard InChI is InChI=1S/C25H26N4O3/c1-27-23-17-5-3-4-6-22(17)32-25(20(23)14-26)9-11-29(12-10-25)24(30)19-15-28-21-8-7-16(31-2)13-18(19)21/h3-8,13-15,28H,9-12,26H2,1-2H3. The smallest absolute Gasteiger partial charge is 0.256 e. The second kappa shape index (κ2) is 7.75. The van der Waals surface area contributed by atoms with E-state index in [4.69, 9.17) is 15.2 Å². The number of carbonyl (C=O) groups is 1. The lowest BCUT2D eigenvalue weighted by Gasteiger charge is -2.46. The minimum atomic E-state index is -0.585. The Morgan fingerprint density at radius 3 is 2.75 bits per heavy atom. The number of hydrogen-bond acceptors (Lipinski definition) is 5. The number of para-hydroxylation sites is 1. The first kappa shape index (κ1) is 20.2. The predicted molar refractivity (Wildman–Crippen MR) is 125 cm³/mol. The molecular weight excluding hydrogens is 404 g/mol. The average molecular weight is 431 g/mol. The Hall–Kier alpha value is -3.74. The summed E-state index contributed by atoms with van der Waals surface area (Å²) in [5, 5.41) is 0.862. The first-order chi connectivity index (χ1) is 15.6. The van der Waals surface area contributed by atoms with E-state index in [-0.39, 0.29) is 5.91 Å². The summed E-state index contributed by atoms with van der Waals surface area (Å²) in [6.07, 6.45) is 4.67. The van der Waals surface area contributed by atoms with Crippen molar-refractivity contribution in [3.05, 3.63) is 71.6 Å². The van der Waals surface area contributed by atoms with Crippen LogP contribution in [0, 0.1) is 0 Å². The highest BCUT2D eigenvalue weighted by Gasteiger charge is 2.46. The fourth-order valence-electron chi connectivity index (χ4n) is 4.87. The molecule has 2 aliphatic heterocycles. The van der Waals surface area contributed by atoms with Gasteiger partial charge in [0.15, 0.2) is 0 Å². The largest absolute Gasteiger partial charge is 0.497 e. The third-order valence-electron chi connectivity index (χ3n) is 6.56. The van der Waals surface area contributed by atoms with Crippen LogP contribution >= 0.6 is 0 Å². The van der Waals surface area contributed by atoms with Crippen LogP contribution in [0.4, 0.5) is 0 Å². The lowest BCUT2D eigenvalue weighted by molar-refractivity contribution is 0.0286. The minimum absolute atomic E-state index is 0.00165. The van der Waals surface area contributed by atoms with Crippen LogP contribution in [0.5, 0.6) is 11.5 Å². The highest BCUT2D eigenvalue weighted by molar-refractivity contribution is 6.16. The van der Waals surface area contributed by atoms with Crippen molar-refractivity contribution >= 4 is 22.5 Å². The van der Waals surface area contributed by atoms with Crippen LogP contribution in [0.1, 0.15) is 28.8 Å². The molecule has 2 aliphatic rings. The number of ether oxygens (including phenoxy) is 2. The van der Waals surface area contributed by atoms with Gasteiger partial charge < -0.3 is 25.1 Å². The number of aromatic nitrogens is 1. The predicted octanol–water partition coefficient (Wildman–Crippen LogP) is 3.51. The van der Waals surface area contributed by atoms with Gasteiger partial charge in [0.05, 0.1) is 18.4 Å². The van der Waals surface area contributed by atoms with Gasteiger partial charge in [-0.3, -0.25) is 9.79 Å². The zero-order chi connectivity index (χ0) is 22.3. The zero-order valence-electron chi connectivity index (χ0n) is 18.2. The summed E-state index contributed by atoms with van der Waals surface area (Å²) in [5.74, 6) is 1.53. The molecule has 1 aromatic heterocycles. The highest BCUT2D eigenvalue weighted by Crippen LogP contribution is 2.43. The van der Waals surface area contributed by atoms with Crippen molar-refractivity contribution in [1.29, 1.82) is 0 Å². The molecule has 3 heterocycles. The Balaban J connectivity index is 1.42. The molecule has 7 heteroatoms. The van der Waals surface area contributed by atoms with E-state index >= 15 is 0 Å². The van der Waals surface area contributed by atoms with E-state index in [1.54, 1.807) is 26.6 Å². The molecule has 7 nitrogen and oxygen atoms in total. The molecule has 1 fully saturated rings. The van der Waals surface area contributed by atoms with Crippen molar-refractivity contribution in [2.75, 3.05) is 27.2 Å². The SMILES string of the molecule is CN=C1C(=CN)C2(CCN(C(=O)c3c[nH]c4ccc(OC)cc34)CC2)Oc2ccccc21. The van der Waals surface area contributed by atoms with Crippen molar-refractivity contribution in [1.82, 2.24) is 9.88 Å². The van der Waals surface area contributed by atoms with E-state index in [0.29, 0.717) is 31.5 Å². The van der Waals surface area contributed by atoms with Gasteiger partial charge in [-0.1, -0.05) is 12.1 Å². The number of methoxy groups -OCH3 is 1. The van der Waals surface area contributed by atoms with Gasteiger partial charge in [-0.25, -0.2) is 0 Å². The number of aromatic amines is 1. The third-order valence-corrected chi connectivity index (χ3v) is 6.56. The number of piperidine rings is 1. The number of amides is 1. The summed E-state index contributed by atoms with van der Waals surface area (Å²) in [7, 11) is 3.40. The van der Waals surface area contributed by atoms with Gasteiger partial charge in [0.2, 0.25) is 0 Å². The van der Waals surface area contributed by atoms with Gasteiger partial charge >= 0.3 is 0 Å². The third kappa shape index (κ3) is 3.04. The molecular formula is C25H26N4O3. The van der Waals surface area contributed by atoms with E-state index in [2.05, 4.69) is 9.98 Å². The lowest BCUT2D eigenvalue weighted by Crippen LogP contribution is -2.54. The van der Waals surface area contributed by atoms with Gasteiger partial charge in [-0.2, -0.15) is 0 Å². The summed E-state index contributed by atoms with van der Waals surface area (Å²) >= 11 is 0. The summed E-state index contributed by atoms with van der Waals surface area (Å²) in [6.45, 7) is 1.12. The number of rotatable bonds is 2. The van der Waals surface area contributed by atoms with Crippen LogP contribution in [-0.4, -0.2) is 54.4 Å². The van der Waals surface area contributed by atoms with Crippen molar-refractivity contribution < 1.29 is 14.3 Å². The number of hydrogen-bond donors (Lipinski definition) is 2. The fraction of sp³-hybridized carbons (Fsp3) is 0.280. The molecule has 3 aromatic rings. The number of aliphatic imine (C=N–C) groups is 1. The Kier molecular flexibility index (Phi) is 4.89. The lowest BCUT2D eigenvalue weighted by atomic mass is 9.78. The van der Waals surface area contributed by atoms with Gasteiger partial charge in [0.25, 0.3) is 5.91 Å². The number of nitrogens with two attached hydrogens (primary N) is 1. The Morgan fingerprint density at radius 2 is 2.03 bits per heavy atom. The van der Waals surface area contributed by atoms with Crippen LogP contribution in [-0.2, 0) is 0 Å². The van der Waals surface area contributed by atoms with Crippen LogP contribution < -0.4 is 15.2 Å². The number of benzene rings is 2. The first-order valence-electron chi connectivity index (χ1n) is 10.7. The summed E-state index contributed by atoms with van der Waals surface area (Å²) in [5.41, 5.74) is 9.74. The number of H-pyrrole nitrogens is 1. The molecule has 2 aromatic carbocycles. The van der Waals surface area contributed by atoms with Gasteiger partial charge in [0.1, 0.15) is 17.1 Å². The molecule has 1 amide bonds. The van der Waals surface area contributed by atoms with Gasteiger partial charge in [-0.05, 0) is 30.3 Å². The van der Waals surface area contributed by atoms with Gasteiger partial charge in [-0.15, -0.1) is 0 Å². The normalized spacial score (nSPS) is 19.9. The van der Waals surface area contributed by atoms with Crippen LogP contribution in [0.25, 0.3) is 10.9 Å². The zero-order valence-corrected chi connectivity index (χ0v) is 18.2. The number of likely N-dealkylation sites (tertiary alicyclic amines) is 1. The maximum Gasteiger partial charge on any atom is 0.256 e. The number of fused-ring (bicyclic) bond motifs is 2. The number of carbonyl (C=O) groups excluding carboxylic acids is 1. The van der Waals surface area contributed by atoms with Crippen molar-refractivity contribution in [2.45, 2.75) is 18.4 Å². The topological polar surface area (TPSA) is 92.9 Å². The molecule has 0 radical (unpaired) electrons. The molecule has 0 aliphatic carbocycles. The minimum Gasteiger partial charge on any atom is -0.497 e. The van der Waals surface area contributed by atoms with E-state index in [1.165, 1.54) is 0 Å². The van der Waals surface area contributed by atoms with Crippen molar-refractivity contribution in [2.24, 2.45) is 10.7 Å². The molecule has 0 bridgehead atoms. The van der Waals surface area contributed by atoms with Crippen LogP contribution in [0.15, 0.2) is 65.4 Å². The molecule has 0 atom stereocenters. The molecule has 3 N–H and O–H groups in total. The van der Waals surface area contributed by atoms with E-state index < -0.39 is 5.60 Å². The first-order valence-corrected chi connectivity index (χ1v) is 10.7. The second-order valence-electron chi connectivity index (χ2n) is 8.15. The summed E-state index contributed by atoms with van der Waals surface area (Å²) < 4.78 is 11.9. The molecule has 0 saturated carbocycles. The number of nitrogens with one attached hydrogen (secondary N) is 1. The van der Waals surface area contributed by atoms with E-state index in [0.717, 1.165) is 39.3 Å². The van der Waals surface area contributed by atoms with E-state index in [1.807, 2.05) is 47.4 Å². The Labute approximate surface area is 186 Å². The van der Waals surface area contributed by atoms with E-state index in [9.17, 15) is 4.79 Å². The molecule has 5 rings (SSSR count). The molecule has 0 unspecified atom stereocenters. The second-order valence-corrected chi connectivity index (χ2v) is 8.15. The van der Waals surface area contributed by atoms with Crippen LogP contribution in [0.2, 0.25) is 0 Å². The number of nitrogens with zero attached hydrogens (tertiary/aromatic N) is 2. The maximum atomic E-state index is 13.4. The quantitative estimate of drug-likeness (QED) is 0.651. The van der Waals surface area contributed by atoms with Crippen molar-refractivity contribution in [3.63, 3.8) is 0 Å². The summed E-state index contributed by atoms with van der Waals surface area (Å²) in [4.78, 5) is 23.0. The molecule has 1 saturated heterocycles. The Bertz CT molecular complexity index is 1250. The fourth-order valence-corrected chi connectivity index (χ4v) is 4.87. The molecule has 164 valence electrons. The monoisotopic (exact) mass is 430 g/mol. The maximum absolute atomic E-state index is 13.4.